The maximum atomic E-state index is 11.5. The first-order valence-electron chi connectivity index (χ1n) is 6.48. The van der Waals surface area contributed by atoms with Gasteiger partial charge in [-0.2, -0.15) is 0 Å². The molecule has 1 saturated heterocycles. The topological polar surface area (TPSA) is 56.7 Å². The highest BCUT2D eigenvalue weighted by Crippen LogP contribution is 2.32. The number of likely N-dealkylation sites (N-methyl/N-ethyl adjacent to an activating group) is 1. The Kier molecular flexibility index (Phi) is 3.49. The highest BCUT2D eigenvalue weighted by Gasteiger charge is 2.41. The van der Waals surface area contributed by atoms with Gasteiger partial charge in [0.1, 0.15) is 0 Å². The van der Waals surface area contributed by atoms with Gasteiger partial charge in [-0.05, 0) is 45.5 Å². The number of nitrogens with zero attached hydrogens (tertiary/aromatic N) is 3. The summed E-state index contributed by atoms with van der Waals surface area (Å²) in [6.45, 7) is 7.87. The van der Waals surface area contributed by atoms with E-state index < -0.39 is 11.6 Å². The number of pyridine rings is 1. The number of aromatic nitrogens is 1. The standard InChI is InChI=1S/C14H21N3O2/c1-10-7-12(8-11(2)15-10)14(3)9-16(4)5-6-17(14)13(18)19/h7-8H,5-6,9H2,1-4H3,(H,18,19). The lowest BCUT2D eigenvalue weighted by Crippen LogP contribution is -2.59. The summed E-state index contributed by atoms with van der Waals surface area (Å²) in [6.07, 6.45) is -0.859. The molecule has 1 aliphatic rings. The van der Waals surface area contributed by atoms with Crippen molar-refractivity contribution in [1.82, 2.24) is 14.8 Å². The van der Waals surface area contributed by atoms with Gasteiger partial charge in [-0.25, -0.2) is 4.79 Å². The van der Waals surface area contributed by atoms with E-state index in [1.807, 2.05) is 40.0 Å². The molecule has 5 heteroatoms. The van der Waals surface area contributed by atoms with Crippen molar-refractivity contribution in [2.24, 2.45) is 0 Å². The minimum atomic E-state index is -0.859. The van der Waals surface area contributed by atoms with Crippen molar-refractivity contribution in [2.45, 2.75) is 26.3 Å². The number of carbonyl (C=O) groups is 1. The van der Waals surface area contributed by atoms with Crippen molar-refractivity contribution >= 4 is 6.09 Å². The van der Waals surface area contributed by atoms with E-state index in [-0.39, 0.29) is 0 Å². The smallest absolute Gasteiger partial charge is 0.408 e. The molecule has 1 unspecified atom stereocenters. The summed E-state index contributed by atoms with van der Waals surface area (Å²) >= 11 is 0. The molecule has 1 amide bonds. The second-order valence-corrected chi connectivity index (χ2v) is 5.58. The van der Waals surface area contributed by atoms with Gasteiger partial charge in [0.2, 0.25) is 0 Å². The molecule has 19 heavy (non-hydrogen) atoms. The Hall–Kier alpha value is -1.62. The normalized spacial score (nSPS) is 24.5. The zero-order valence-corrected chi connectivity index (χ0v) is 12.0. The van der Waals surface area contributed by atoms with Gasteiger partial charge in [-0.1, -0.05) is 0 Å². The second-order valence-electron chi connectivity index (χ2n) is 5.58. The predicted molar refractivity (Wildman–Crippen MR) is 73.3 cm³/mol. The van der Waals surface area contributed by atoms with Gasteiger partial charge in [0.15, 0.2) is 0 Å². The molecule has 0 spiro atoms. The quantitative estimate of drug-likeness (QED) is 0.840. The highest BCUT2D eigenvalue weighted by molar-refractivity contribution is 5.67. The summed E-state index contributed by atoms with van der Waals surface area (Å²) in [6, 6.07) is 3.98. The van der Waals surface area contributed by atoms with E-state index >= 15 is 0 Å². The van der Waals surface area contributed by atoms with Crippen molar-refractivity contribution in [3.8, 4) is 0 Å². The van der Waals surface area contributed by atoms with Crippen LogP contribution in [0.25, 0.3) is 0 Å². The number of amides is 1. The summed E-state index contributed by atoms with van der Waals surface area (Å²) in [7, 11) is 2.03. The molecule has 1 N–H and O–H groups in total. The van der Waals surface area contributed by atoms with Gasteiger partial charge in [-0.3, -0.25) is 9.88 Å². The second kappa shape index (κ2) is 4.81. The van der Waals surface area contributed by atoms with E-state index in [9.17, 15) is 9.90 Å². The fourth-order valence-electron chi connectivity index (χ4n) is 2.91. The molecule has 1 fully saturated rings. The Balaban J connectivity index is 2.48. The first-order valence-corrected chi connectivity index (χ1v) is 6.48. The van der Waals surface area contributed by atoms with Crippen LogP contribution in [0.4, 0.5) is 4.79 Å². The molecule has 1 aliphatic heterocycles. The third kappa shape index (κ3) is 2.56. The van der Waals surface area contributed by atoms with Gasteiger partial charge in [0.25, 0.3) is 0 Å². The van der Waals surface area contributed by atoms with E-state index in [2.05, 4.69) is 9.88 Å². The number of rotatable bonds is 1. The lowest BCUT2D eigenvalue weighted by atomic mass is 9.87. The summed E-state index contributed by atoms with van der Waals surface area (Å²) in [5.41, 5.74) is 2.35. The van der Waals surface area contributed by atoms with Crippen LogP contribution >= 0.6 is 0 Å². The van der Waals surface area contributed by atoms with Crippen LogP contribution in [0, 0.1) is 13.8 Å². The molecule has 104 valence electrons. The van der Waals surface area contributed by atoms with Crippen LogP contribution in [0.2, 0.25) is 0 Å². The van der Waals surface area contributed by atoms with Crippen molar-refractivity contribution in [3.63, 3.8) is 0 Å². The van der Waals surface area contributed by atoms with Gasteiger partial charge in [-0.15, -0.1) is 0 Å². The molecule has 0 bridgehead atoms. The van der Waals surface area contributed by atoms with Crippen LogP contribution < -0.4 is 0 Å². The maximum Gasteiger partial charge on any atom is 0.408 e. The molecule has 2 heterocycles. The molecule has 2 rings (SSSR count). The van der Waals surface area contributed by atoms with E-state index in [1.165, 1.54) is 0 Å². The van der Waals surface area contributed by atoms with Crippen molar-refractivity contribution < 1.29 is 9.90 Å². The monoisotopic (exact) mass is 263 g/mol. The molecule has 0 radical (unpaired) electrons. The Morgan fingerprint density at radius 3 is 2.42 bits per heavy atom. The lowest BCUT2D eigenvalue weighted by Gasteiger charge is -2.47. The number of piperazine rings is 1. The molecule has 0 saturated carbocycles. The number of hydrogen-bond acceptors (Lipinski definition) is 3. The average molecular weight is 263 g/mol. The maximum absolute atomic E-state index is 11.5. The van der Waals surface area contributed by atoms with Crippen LogP contribution in [0.1, 0.15) is 23.9 Å². The van der Waals surface area contributed by atoms with Crippen LogP contribution in [0.5, 0.6) is 0 Å². The Labute approximate surface area is 113 Å². The highest BCUT2D eigenvalue weighted by atomic mass is 16.4. The van der Waals surface area contributed by atoms with Crippen molar-refractivity contribution in [2.75, 3.05) is 26.7 Å². The van der Waals surface area contributed by atoms with Crippen LogP contribution in [0.3, 0.4) is 0 Å². The zero-order chi connectivity index (χ0) is 14.2. The third-order valence-electron chi connectivity index (χ3n) is 3.81. The van der Waals surface area contributed by atoms with Gasteiger partial charge in [0.05, 0.1) is 5.54 Å². The first-order chi connectivity index (χ1) is 8.83. The molecular weight excluding hydrogens is 242 g/mol. The summed E-state index contributed by atoms with van der Waals surface area (Å²) in [5, 5.41) is 9.45. The SMILES string of the molecule is Cc1cc(C2(C)CN(C)CCN2C(=O)O)cc(C)n1. The minimum Gasteiger partial charge on any atom is -0.465 e. The summed E-state index contributed by atoms with van der Waals surface area (Å²) < 4.78 is 0. The number of hydrogen-bond donors (Lipinski definition) is 1. The molecule has 1 atom stereocenters. The van der Waals surface area contributed by atoms with E-state index in [0.717, 1.165) is 23.5 Å². The number of aryl methyl sites for hydroxylation is 2. The largest absolute Gasteiger partial charge is 0.465 e. The fraction of sp³-hybridized carbons (Fsp3) is 0.571. The minimum absolute atomic E-state index is 0.517. The summed E-state index contributed by atoms with van der Waals surface area (Å²) in [4.78, 5) is 19.6. The van der Waals surface area contributed by atoms with Gasteiger partial charge < -0.3 is 10.0 Å². The summed E-state index contributed by atoms with van der Waals surface area (Å²) in [5.74, 6) is 0. The van der Waals surface area contributed by atoms with Crippen molar-refractivity contribution in [1.29, 1.82) is 0 Å². The Bertz CT molecular complexity index is 483. The van der Waals surface area contributed by atoms with Crippen molar-refractivity contribution in [3.05, 3.63) is 29.1 Å². The lowest BCUT2D eigenvalue weighted by molar-refractivity contribution is 0.0230. The Morgan fingerprint density at radius 1 is 1.32 bits per heavy atom. The van der Waals surface area contributed by atoms with Gasteiger partial charge >= 0.3 is 6.09 Å². The van der Waals surface area contributed by atoms with Crippen LogP contribution in [0.15, 0.2) is 12.1 Å². The molecular formula is C14H21N3O2. The number of carboxylic acid groups (broad SMARTS) is 1. The molecule has 0 aliphatic carbocycles. The van der Waals surface area contributed by atoms with E-state index in [4.69, 9.17) is 0 Å². The Morgan fingerprint density at radius 2 is 1.89 bits per heavy atom. The zero-order valence-electron chi connectivity index (χ0n) is 12.0. The average Bonchev–Trinajstić information content (AvgIpc) is 2.26. The van der Waals surface area contributed by atoms with Gasteiger partial charge in [0, 0.05) is 31.0 Å². The van der Waals surface area contributed by atoms with E-state index in [0.29, 0.717) is 13.1 Å². The predicted octanol–water partition coefficient (Wildman–Crippen LogP) is 1.84. The third-order valence-corrected chi connectivity index (χ3v) is 3.81. The van der Waals surface area contributed by atoms with Crippen LogP contribution in [-0.4, -0.2) is 52.7 Å². The molecule has 0 aromatic carbocycles. The first kappa shape index (κ1) is 13.8. The van der Waals surface area contributed by atoms with E-state index in [1.54, 1.807) is 4.90 Å². The molecule has 1 aromatic rings. The molecule has 1 aromatic heterocycles. The molecule has 5 nitrogen and oxygen atoms in total. The fourth-order valence-corrected chi connectivity index (χ4v) is 2.91. The van der Waals surface area contributed by atoms with Crippen LogP contribution in [-0.2, 0) is 5.54 Å².